The molecule has 2 aliphatic rings. The van der Waals surface area contributed by atoms with Crippen molar-refractivity contribution in [1.82, 2.24) is 15.5 Å². The second-order valence-electron chi connectivity index (χ2n) is 6.11. The van der Waals surface area contributed by atoms with Gasteiger partial charge in [0, 0.05) is 44.7 Å². The van der Waals surface area contributed by atoms with Crippen LogP contribution in [0.2, 0.25) is 0 Å². The molecule has 1 amide bonds. The molecule has 18 heavy (non-hydrogen) atoms. The third-order valence-corrected chi connectivity index (χ3v) is 3.78. The van der Waals surface area contributed by atoms with Gasteiger partial charge in [0.2, 0.25) is 5.91 Å². The topological polar surface area (TPSA) is 44.4 Å². The Kier molecular flexibility index (Phi) is 5.01. The van der Waals surface area contributed by atoms with Crippen LogP contribution in [0.15, 0.2) is 0 Å². The molecule has 2 N–H and O–H groups in total. The number of rotatable bonds is 7. The first kappa shape index (κ1) is 13.8. The van der Waals surface area contributed by atoms with Gasteiger partial charge in [0.05, 0.1) is 0 Å². The van der Waals surface area contributed by atoms with Crippen molar-refractivity contribution in [3.8, 4) is 0 Å². The van der Waals surface area contributed by atoms with Crippen LogP contribution in [-0.2, 0) is 4.79 Å². The first-order chi connectivity index (χ1) is 8.65. The highest BCUT2D eigenvalue weighted by Crippen LogP contribution is 2.29. The molecular weight excluding hydrogens is 226 g/mol. The van der Waals surface area contributed by atoms with Gasteiger partial charge in [-0.2, -0.15) is 0 Å². The van der Waals surface area contributed by atoms with Gasteiger partial charge >= 0.3 is 0 Å². The van der Waals surface area contributed by atoms with Gasteiger partial charge in [-0.05, 0) is 25.2 Å². The van der Waals surface area contributed by atoms with Crippen molar-refractivity contribution < 1.29 is 4.79 Å². The molecule has 2 rings (SSSR count). The third kappa shape index (κ3) is 4.58. The standard InChI is InChI=1S/C14H27N3O/c1-11(2)9-16-14(18)5-7-15-12-6-8-17(10-12)13-3-4-13/h11-13,15H,3-10H2,1-2H3,(H,16,18). The maximum absolute atomic E-state index is 11.5. The number of amides is 1. The molecule has 0 aromatic heterocycles. The summed E-state index contributed by atoms with van der Waals surface area (Å²) in [5, 5.41) is 6.47. The zero-order valence-electron chi connectivity index (χ0n) is 11.7. The second-order valence-corrected chi connectivity index (χ2v) is 6.11. The molecule has 1 aliphatic heterocycles. The molecule has 0 bridgehead atoms. The Morgan fingerprint density at radius 2 is 2.11 bits per heavy atom. The summed E-state index contributed by atoms with van der Waals surface area (Å²) in [5.41, 5.74) is 0. The lowest BCUT2D eigenvalue weighted by Crippen LogP contribution is -2.36. The van der Waals surface area contributed by atoms with E-state index in [0.717, 1.165) is 19.1 Å². The van der Waals surface area contributed by atoms with E-state index in [9.17, 15) is 4.79 Å². The molecule has 0 aromatic carbocycles. The van der Waals surface area contributed by atoms with Gasteiger partial charge in [0.25, 0.3) is 0 Å². The minimum Gasteiger partial charge on any atom is -0.356 e. The van der Waals surface area contributed by atoms with E-state index in [1.807, 2.05) is 0 Å². The molecule has 1 saturated heterocycles. The van der Waals surface area contributed by atoms with Crippen molar-refractivity contribution >= 4 is 5.91 Å². The van der Waals surface area contributed by atoms with E-state index in [1.165, 1.54) is 32.4 Å². The maximum atomic E-state index is 11.5. The Balaban J connectivity index is 1.51. The lowest BCUT2D eigenvalue weighted by atomic mass is 10.2. The lowest BCUT2D eigenvalue weighted by molar-refractivity contribution is -0.121. The predicted molar refractivity (Wildman–Crippen MR) is 73.5 cm³/mol. The van der Waals surface area contributed by atoms with Crippen molar-refractivity contribution in [2.75, 3.05) is 26.2 Å². The zero-order chi connectivity index (χ0) is 13.0. The van der Waals surface area contributed by atoms with Crippen LogP contribution in [0.1, 0.15) is 39.5 Å². The monoisotopic (exact) mass is 253 g/mol. The lowest BCUT2D eigenvalue weighted by Gasteiger charge is -2.15. The van der Waals surface area contributed by atoms with Crippen molar-refractivity contribution in [2.24, 2.45) is 5.92 Å². The largest absolute Gasteiger partial charge is 0.356 e. The molecule has 104 valence electrons. The Hall–Kier alpha value is -0.610. The summed E-state index contributed by atoms with van der Waals surface area (Å²) in [6, 6.07) is 1.48. The van der Waals surface area contributed by atoms with Crippen molar-refractivity contribution in [3.63, 3.8) is 0 Å². The molecule has 0 aromatic rings. The fraction of sp³-hybridized carbons (Fsp3) is 0.929. The summed E-state index contributed by atoms with van der Waals surface area (Å²) in [6.45, 7) is 8.25. The van der Waals surface area contributed by atoms with Gasteiger partial charge in [-0.15, -0.1) is 0 Å². The minimum atomic E-state index is 0.174. The Morgan fingerprint density at radius 1 is 1.33 bits per heavy atom. The summed E-state index contributed by atoms with van der Waals surface area (Å²) >= 11 is 0. The number of carbonyl (C=O) groups is 1. The molecule has 4 nitrogen and oxygen atoms in total. The van der Waals surface area contributed by atoms with Crippen LogP contribution >= 0.6 is 0 Å². The molecule has 0 spiro atoms. The van der Waals surface area contributed by atoms with Gasteiger partial charge in [-0.3, -0.25) is 9.69 Å². The van der Waals surface area contributed by atoms with E-state index in [4.69, 9.17) is 0 Å². The van der Waals surface area contributed by atoms with Crippen LogP contribution in [0.25, 0.3) is 0 Å². The molecule has 2 fully saturated rings. The normalized spacial score (nSPS) is 24.7. The molecule has 1 unspecified atom stereocenters. The molecular formula is C14H27N3O. The van der Waals surface area contributed by atoms with Gasteiger partial charge in [0.15, 0.2) is 0 Å². The number of nitrogens with one attached hydrogen (secondary N) is 2. The van der Waals surface area contributed by atoms with E-state index in [2.05, 4.69) is 29.4 Å². The quantitative estimate of drug-likeness (QED) is 0.711. The first-order valence-electron chi connectivity index (χ1n) is 7.39. The first-order valence-corrected chi connectivity index (χ1v) is 7.39. The molecule has 1 aliphatic carbocycles. The van der Waals surface area contributed by atoms with Crippen molar-refractivity contribution in [3.05, 3.63) is 0 Å². The zero-order valence-corrected chi connectivity index (χ0v) is 11.7. The van der Waals surface area contributed by atoms with Crippen molar-refractivity contribution in [2.45, 2.75) is 51.6 Å². The number of hydrogen-bond acceptors (Lipinski definition) is 3. The van der Waals surface area contributed by atoms with E-state index >= 15 is 0 Å². The number of likely N-dealkylation sites (tertiary alicyclic amines) is 1. The van der Waals surface area contributed by atoms with Crippen LogP contribution in [0.4, 0.5) is 0 Å². The fourth-order valence-electron chi connectivity index (χ4n) is 2.52. The average molecular weight is 253 g/mol. The van der Waals surface area contributed by atoms with E-state index < -0.39 is 0 Å². The fourth-order valence-corrected chi connectivity index (χ4v) is 2.52. The van der Waals surface area contributed by atoms with Gasteiger partial charge in [-0.1, -0.05) is 13.8 Å². The third-order valence-electron chi connectivity index (χ3n) is 3.78. The van der Waals surface area contributed by atoms with Crippen LogP contribution in [0.3, 0.4) is 0 Å². The molecule has 0 radical (unpaired) electrons. The minimum absolute atomic E-state index is 0.174. The summed E-state index contributed by atoms with van der Waals surface area (Å²) in [5.74, 6) is 0.706. The second kappa shape index (κ2) is 6.53. The predicted octanol–water partition coefficient (Wildman–Crippen LogP) is 0.975. The molecule has 4 heteroatoms. The van der Waals surface area contributed by atoms with Crippen LogP contribution < -0.4 is 10.6 Å². The highest BCUT2D eigenvalue weighted by Gasteiger charge is 2.33. The van der Waals surface area contributed by atoms with Crippen LogP contribution in [0.5, 0.6) is 0 Å². The molecule has 1 saturated carbocycles. The molecule has 1 atom stereocenters. The smallest absolute Gasteiger partial charge is 0.221 e. The number of carbonyl (C=O) groups excluding carboxylic acids is 1. The van der Waals surface area contributed by atoms with Gasteiger partial charge in [0.1, 0.15) is 0 Å². The number of nitrogens with zero attached hydrogens (tertiary/aromatic N) is 1. The van der Waals surface area contributed by atoms with E-state index in [0.29, 0.717) is 18.4 Å². The van der Waals surface area contributed by atoms with E-state index in [-0.39, 0.29) is 5.91 Å². The van der Waals surface area contributed by atoms with Crippen LogP contribution in [0, 0.1) is 5.92 Å². The summed E-state index contributed by atoms with van der Waals surface area (Å²) < 4.78 is 0. The summed E-state index contributed by atoms with van der Waals surface area (Å²) in [7, 11) is 0. The summed E-state index contributed by atoms with van der Waals surface area (Å²) in [4.78, 5) is 14.1. The van der Waals surface area contributed by atoms with Crippen LogP contribution in [-0.4, -0.2) is 49.1 Å². The Labute approximate surface area is 110 Å². The Bertz CT molecular complexity index is 276. The Morgan fingerprint density at radius 3 is 2.78 bits per heavy atom. The van der Waals surface area contributed by atoms with Gasteiger partial charge in [-0.25, -0.2) is 0 Å². The van der Waals surface area contributed by atoms with Gasteiger partial charge < -0.3 is 10.6 Å². The SMILES string of the molecule is CC(C)CNC(=O)CCNC1CCN(C2CC2)C1. The molecule has 1 heterocycles. The van der Waals surface area contributed by atoms with E-state index in [1.54, 1.807) is 0 Å². The highest BCUT2D eigenvalue weighted by molar-refractivity contribution is 5.76. The maximum Gasteiger partial charge on any atom is 0.221 e. The average Bonchev–Trinajstić information content (AvgIpc) is 3.07. The highest BCUT2D eigenvalue weighted by atomic mass is 16.1. The van der Waals surface area contributed by atoms with Crippen molar-refractivity contribution in [1.29, 1.82) is 0 Å². The summed E-state index contributed by atoms with van der Waals surface area (Å²) in [6.07, 6.45) is 4.63. The number of hydrogen-bond donors (Lipinski definition) is 2.